The molecular formula is C12H14IN3O. The summed E-state index contributed by atoms with van der Waals surface area (Å²) in [5.41, 5.74) is 7.04. The zero-order valence-electron chi connectivity index (χ0n) is 9.56. The number of rotatable bonds is 4. The zero-order chi connectivity index (χ0) is 12.3. The molecular weight excluding hydrogens is 329 g/mol. The Kier molecular flexibility index (Phi) is 3.88. The van der Waals surface area contributed by atoms with E-state index in [-0.39, 0.29) is 0 Å². The predicted octanol–water partition coefficient (Wildman–Crippen LogP) is 2.52. The first-order valence-electron chi connectivity index (χ1n) is 5.39. The van der Waals surface area contributed by atoms with E-state index in [9.17, 15) is 0 Å². The number of benzene rings is 1. The van der Waals surface area contributed by atoms with Crippen LogP contribution in [0.1, 0.15) is 12.5 Å². The molecule has 0 unspecified atom stereocenters. The van der Waals surface area contributed by atoms with Gasteiger partial charge >= 0.3 is 0 Å². The number of halogens is 1. The number of hydrogen-bond donors (Lipinski definition) is 1. The quantitative estimate of drug-likeness (QED) is 0.868. The summed E-state index contributed by atoms with van der Waals surface area (Å²) in [6, 6.07) is 7.97. The molecule has 0 bridgehead atoms. The number of anilines is 1. The lowest BCUT2D eigenvalue weighted by atomic mass is 10.2. The highest BCUT2D eigenvalue weighted by Gasteiger charge is 2.05. The largest absolute Gasteiger partial charge is 0.494 e. The lowest BCUT2D eigenvalue weighted by Gasteiger charge is -2.07. The molecule has 0 aliphatic rings. The fourth-order valence-corrected chi connectivity index (χ4v) is 1.97. The lowest BCUT2D eigenvalue weighted by Crippen LogP contribution is -2.06. The van der Waals surface area contributed by atoms with Gasteiger partial charge in [-0.05, 0) is 47.2 Å². The number of hydrogen-bond acceptors (Lipinski definition) is 3. The minimum Gasteiger partial charge on any atom is -0.494 e. The standard InChI is InChI=1S/C12H14IN3O/c1-2-17-10-5-3-4-9(6-10)8-16-12(14)11(13)7-15-16/h3-7H,2,8,14H2,1H3. The summed E-state index contributed by atoms with van der Waals surface area (Å²) < 4.78 is 8.22. The van der Waals surface area contributed by atoms with Crippen molar-refractivity contribution in [3.8, 4) is 5.75 Å². The van der Waals surface area contributed by atoms with Gasteiger partial charge in [-0.3, -0.25) is 0 Å². The molecule has 1 aromatic heterocycles. The van der Waals surface area contributed by atoms with Gasteiger partial charge in [0.25, 0.3) is 0 Å². The Balaban J connectivity index is 2.18. The summed E-state index contributed by atoms with van der Waals surface area (Å²) in [7, 11) is 0. The average Bonchev–Trinajstić information content (AvgIpc) is 2.62. The third-order valence-electron chi connectivity index (χ3n) is 2.38. The number of nitrogens with two attached hydrogens (primary N) is 1. The molecule has 2 aromatic rings. The number of ether oxygens (including phenoxy) is 1. The number of nitrogens with zero attached hydrogens (tertiary/aromatic N) is 2. The fraction of sp³-hybridized carbons (Fsp3) is 0.250. The maximum atomic E-state index is 5.91. The minimum atomic E-state index is 0.662. The molecule has 1 aromatic carbocycles. The van der Waals surface area contributed by atoms with Crippen LogP contribution in [-0.2, 0) is 6.54 Å². The summed E-state index contributed by atoms with van der Waals surface area (Å²) >= 11 is 2.17. The van der Waals surface area contributed by atoms with Gasteiger partial charge in [0.15, 0.2) is 0 Å². The van der Waals surface area contributed by atoms with E-state index in [4.69, 9.17) is 10.5 Å². The van der Waals surface area contributed by atoms with E-state index in [0.717, 1.165) is 14.9 Å². The zero-order valence-corrected chi connectivity index (χ0v) is 11.7. The van der Waals surface area contributed by atoms with E-state index in [0.29, 0.717) is 19.0 Å². The van der Waals surface area contributed by atoms with E-state index in [1.807, 2.05) is 31.2 Å². The van der Waals surface area contributed by atoms with E-state index in [1.165, 1.54) is 0 Å². The van der Waals surface area contributed by atoms with Crippen molar-refractivity contribution in [3.63, 3.8) is 0 Å². The second-order valence-electron chi connectivity index (χ2n) is 3.62. The summed E-state index contributed by atoms with van der Waals surface area (Å²) in [6.45, 7) is 3.31. The molecule has 4 nitrogen and oxygen atoms in total. The van der Waals surface area contributed by atoms with Crippen LogP contribution in [0.2, 0.25) is 0 Å². The highest BCUT2D eigenvalue weighted by atomic mass is 127. The van der Waals surface area contributed by atoms with Gasteiger partial charge in [0, 0.05) is 0 Å². The smallest absolute Gasteiger partial charge is 0.135 e. The van der Waals surface area contributed by atoms with E-state index < -0.39 is 0 Å². The normalized spacial score (nSPS) is 10.5. The maximum absolute atomic E-state index is 5.91. The van der Waals surface area contributed by atoms with Gasteiger partial charge in [-0.2, -0.15) is 5.10 Å². The molecule has 0 spiro atoms. The first-order valence-corrected chi connectivity index (χ1v) is 6.47. The average molecular weight is 343 g/mol. The van der Waals surface area contributed by atoms with Crippen molar-refractivity contribution in [1.29, 1.82) is 0 Å². The van der Waals surface area contributed by atoms with Crippen molar-refractivity contribution in [1.82, 2.24) is 9.78 Å². The number of nitrogen functional groups attached to an aromatic ring is 1. The van der Waals surface area contributed by atoms with Crippen LogP contribution in [0, 0.1) is 3.57 Å². The van der Waals surface area contributed by atoms with Gasteiger partial charge in [0.2, 0.25) is 0 Å². The second-order valence-corrected chi connectivity index (χ2v) is 4.78. The van der Waals surface area contributed by atoms with Gasteiger partial charge in [-0.15, -0.1) is 0 Å². The molecule has 1 heterocycles. The van der Waals surface area contributed by atoms with Gasteiger partial charge in [0.1, 0.15) is 11.6 Å². The molecule has 0 amide bonds. The third-order valence-corrected chi connectivity index (χ3v) is 3.21. The summed E-state index contributed by atoms with van der Waals surface area (Å²) in [6.07, 6.45) is 1.77. The molecule has 0 saturated heterocycles. The molecule has 0 aliphatic carbocycles. The van der Waals surface area contributed by atoms with E-state index in [1.54, 1.807) is 10.9 Å². The van der Waals surface area contributed by atoms with Crippen LogP contribution < -0.4 is 10.5 Å². The predicted molar refractivity (Wildman–Crippen MR) is 76.1 cm³/mol. The minimum absolute atomic E-state index is 0.662. The molecule has 0 aliphatic heterocycles. The Morgan fingerprint density at radius 2 is 2.29 bits per heavy atom. The van der Waals surface area contributed by atoms with Gasteiger partial charge < -0.3 is 10.5 Å². The van der Waals surface area contributed by atoms with Crippen molar-refractivity contribution >= 4 is 28.4 Å². The second kappa shape index (κ2) is 5.39. The van der Waals surface area contributed by atoms with Crippen LogP contribution in [0.15, 0.2) is 30.5 Å². The summed E-state index contributed by atoms with van der Waals surface area (Å²) in [5.74, 6) is 1.58. The molecule has 0 saturated carbocycles. The van der Waals surface area contributed by atoms with Crippen LogP contribution in [0.5, 0.6) is 5.75 Å². The third kappa shape index (κ3) is 2.91. The van der Waals surface area contributed by atoms with Crippen LogP contribution in [0.3, 0.4) is 0 Å². The Labute approximate surface area is 114 Å². The highest BCUT2D eigenvalue weighted by Crippen LogP contribution is 2.17. The molecule has 90 valence electrons. The lowest BCUT2D eigenvalue weighted by molar-refractivity contribution is 0.340. The van der Waals surface area contributed by atoms with Crippen molar-refractivity contribution in [2.75, 3.05) is 12.3 Å². The molecule has 0 atom stereocenters. The Bertz CT molecular complexity index is 510. The van der Waals surface area contributed by atoms with E-state index >= 15 is 0 Å². The fourth-order valence-electron chi connectivity index (χ4n) is 1.57. The monoisotopic (exact) mass is 343 g/mol. The van der Waals surface area contributed by atoms with Crippen molar-refractivity contribution < 1.29 is 4.74 Å². The molecule has 17 heavy (non-hydrogen) atoms. The maximum Gasteiger partial charge on any atom is 0.135 e. The van der Waals surface area contributed by atoms with Crippen molar-refractivity contribution in [2.45, 2.75) is 13.5 Å². The molecule has 2 N–H and O–H groups in total. The van der Waals surface area contributed by atoms with Gasteiger partial charge in [0.05, 0.1) is 22.9 Å². The Hall–Kier alpha value is -1.24. The van der Waals surface area contributed by atoms with E-state index in [2.05, 4.69) is 27.7 Å². The topological polar surface area (TPSA) is 53.1 Å². The van der Waals surface area contributed by atoms with Crippen molar-refractivity contribution in [2.24, 2.45) is 0 Å². The van der Waals surface area contributed by atoms with Crippen LogP contribution in [-0.4, -0.2) is 16.4 Å². The first-order chi connectivity index (χ1) is 8.20. The molecule has 0 radical (unpaired) electrons. The molecule has 2 rings (SSSR count). The molecule has 5 heteroatoms. The summed E-state index contributed by atoms with van der Waals surface area (Å²) in [5, 5.41) is 4.23. The van der Waals surface area contributed by atoms with Crippen LogP contribution in [0.25, 0.3) is 0 Å². The Morgan fingerprint density at radius 1 is 1.47 bits per heavy atom. The Morgan fingerprint density at radius 3 is 2.94 bits per heavy atom. The van der Waals surface area contributed by atoms with Gasteiger partial charge in [-0.25, -0.2) is 4.68 Å². The number of aromatic nitrogens is 2. The van der Waals surface area contributed by atoms with Crippen molar-refractivity contribution in [3.05, 3.63) is 39.6 Å². The highest BCUT2D eigenvalue weighted by molar-refractivity contribution is 14.1. The summed E-state index contributed by atoms with van der Waals surface area (Å²) in [4.78, 5) is 0. The first kappa shape index (κ1) is 12.2. The SMILES string of the molecule is CCOc1cccc(Cn2ncc(I)c2N)c1. The van der Waals surface area contributed by atoms with Crippen LogP contribution in [0.4, 0.5) is 5.82 Å². The van der Waals surface area contributed by atoms with Gasteiger partial charge in [-0.1, -0.05) is 12.1 Å². The van der Waals surface area contributed by atoms with Crippen LogP contribution >= 0.6 is 22.6 Å². The molecule has 0 fully saturated rings.